The topological polar surface area (TPSA) is 35.9 Å². The summed E-state index contributed by atoms with van der Waals surface area (Å²) in [6, 6.07) is 0. The maximum absolute atomic E-state index is 11.8. The van der Waals surface area contributed by atoms with Gasteiger partial charge in [-0.15, -0.1) is 11.8 Å². The molecule has 21 heavy (non-hydrogen) atoms. The molecule has 0 spiro atoms. The van der Waals surface area contributed by atoms with Gasteiger partial charge in [0.25, 0.3) is 0 Å². The van der Waals surface area contributed by atoms with Crippen molar-refractivity contribution in [2.24, 2.45) is 10.9 Å². The van der Waals surface area contributed by atoms with Crippen LogP contribution in [0.1, 0.15) is 26.2 Å². The average molecular weight is 307 g/mol. The third kappa shape index (κ3) is 2.49. The summed E-state index contributed by atoms with van der Waals surface area (Å²) in [4.78, 5) is 21.6. The van der Waals surface area contributed by atoms with Crippen molar-refractivity contribution >= 4 is 22.6 Å². The zero-order valence-corrected chi connectivity index (χ0v) is 14.1. The summed E-state index contributed by atoms with van der Waals surface area (Å²) in [7, 11) is 2.18. The van der Waals surface area contributed by atoms with Crippen LogP contribution in [0.25, 0.3) is 0 Å². The second-order valence-electron chi connectivity index (χ2n) is 6.47. The number of likely N-dealkylation sites (tertiary alicyclic amines) is 2. The lowest BCUT2D eigenvalue weighted by atomic mass is 9.75. The van der Waals surface area contributed by atoms with Crippen LogP contribution in [0.3, 0.4) is 0 Å². The van der Waals surface area contributed by atoms with E-state index in [1.54, 1.807) is 18.7 Å². The van der Waals surface area contributed by atoms with E-state index in [1.165, 1.54) is 25.9 Å². The molecule has 3 aliphatic rings. The Labute approximate surface area is 131 Å². The van der Waals surface area contributed by atoms with Crippen molar-refractivity contribution in [2.45, 2.75) is 31.7 Å². The fraction of sp³-hybridized carbons (Fsp3) is 0.750. The van der Waals surface area contributed by atoms with Crippen LogP contribution >= 0.6 is 11.8 Å². The molecule has 0 aliphatic carbocycles. The molecule has 5 heteroatoms. The van der Waals surface area contributed by atoms with E-state index >= 15 is 0 Å². The molecule has 0 radical (unpaired) electrons. The van der Waals surface area contributed by atoms with Crippen molar-refractivity contribution in [1.29, 1.82) is 0 Å². The number of carbonyl (C=O) groups is 1. The number of Topliss-reactive ketones (excluding diaryl/α,β-unsaturated/α-hetero) is 1. The molecular weight excluding hydrogens is 282 g/mol. The number of piperidine rings is 1. The Balaban J connectivity index is 2.04. The summed E-state index contributed by atoms with van der Waals surface area (Å²) < 4.78 is 0. The number of ketones is 1. The molecule has 0 N–H and O–H groups in total. The van der Waals surface area contributed by atoms with E-state index in [1.807, 2.05) is 0 Å². The van der Waals surface area contributed by atoms with Crippen molar-refractivity contribution in [3.05, 3.63) is 11.8 Å². The Bertz CT molecular complexity index is 496. The summed E-state index contributed by atoms with van der Waals surface area (Å²) in [5, 5.41) is 1.16. The van der Waals surface area contributed by atoms with Crippen LogP contribution < -0.4 is 0 Å². The zero-order valence-electron chi connectivity index (χ0n) is 13.3. The third-order valence-corrected chi connectivity index (χ3v) is 6.00. The molecule has 0 unspecified atom stereocenters. The first kappa shape index (κ1) is 15.3. The molecule has 116 valence electrons. The van der Waals surface area contributed by atoms with Crippen LogP contribution in [0.5, 0.6) is 0 Å². The highest BCUT2D eigenvalue weighted by molar-refractivity contribution is 8.13. The highest BCUT2D eigenvalue weighted by Gasteiger charge is 2.51. The van der Waals surface area contributed by atoms with E-state index in [-0.39, 0.29) is 11.3 Å². The summed E-state index contributed by atoms with van der Waals surface area (Å²) in [5.74, 6) is 0.470. The molecule has 3 rings (SSSR count). The number of allylic oxidation sites excluding steroid dienone is 1. The Morgan fingerprint density at radius 2 is 2.10 bits per heavy atom. The van der Waals surface area contributed by atoms with Gasteiger partial charge in [0.05, 0.1) is 10.6 Å². The predicted molar refractivity (Wildman–Crippen MR) is 88.9 cm³/mol. The molecule has 2 fully saturated rings. The van der Waals surface area contributed by atoms with Crippen LogP contribution in [0.2, 0.25) is 0 Å². The summed E-state index contributed by atoms with van der Waals surface area (Å²) >= 11 is 1.74. The van der Waals surface area contributed by atoms with Crippen molar-refractivity contribution in [3.63, 3.8) is 0 Å². The van der Waals surface area contributed by atoms with Crippen molar-refractivity contribution < 1.29 is 4.79 Å². The lowest BCUT2D eigenvalue weighted by molar-refractivity contribution is -0.113. The molecule has 0 aromatic heterocycles. The van der Waals surface area contributed by atoms with E-state index < -0.39 is 0 Å². The summed E-state index contributed by atoms with van der Waals surface area (Å²) in [6.07, 6.45) is 7.95. The van der Waals surface area contributed by atoms with Gasteiger partial charge in [-0.2, -0.15) is 0 Å². The standard InChI is InChI=1S/C16H25N3OS/c1-12(20)14-10-13-11-18(2)9-6-16(13,15(17-14)21-3)19-7-4-5-8-19/h10,13H,4-9,11H2,1-3H3/t13-,16-/m0/s1. The molecule has 4 nitrogen and oxygen atoms in total. The Morgan fingerprint density at radius 3 is 2.71 bits per heavy atom. The minimum Gasteiger partial charge on any atom is -0.306 e. The summed E-state index contributed by atoms with van der Waals surface area (Å²) in [6.45, 7) is 6.09. The van der Waals surface area contributed by atoms with Gasteiger partial charge in [-0.1, -0.05) is 0 Å². The van der Waals surface area contributed by atoms with E-state index in [4.69, 9.17) is 4.99 Å². The van der Waals surface area contributed by atoms with E-state index in [2.05, 4.69) is 29.2 Å². The van der Waals surface area contributed by atoms with Crippen LogP contribution in [0.4, 0.5) is 0 Å². The number of thioether (sulfide) groups is 1. The van der Waals surface area contributed by atoms with Gasteiger partial charge in [-0.3, -0.25) is 9.69 Å². The highest BCUT2D eigenvalue weighted by Crippen LogP contribution is 2.43. The zero-order chi connectivity index (χ0) is 15.0. The molecule has 2 atom stereocenters. The maximum atomic E-state index is 11.8. The Hall–Kier alpha value is -0.650. The van der Waals surface area contributed by atoms with Crippen molar-refractivity contribution in [3.8, 4) is 0 Å². The van der Waals surface area contributed by atoms with Gasteiger partial charge in [-0.05, 0) is 51.7 Å². The highest BCUT2D eigenvalue weighted by atomic mass is 32.2. The number of hydrogen-bond donors (Lipinski definition) is 0. The van der Waals surface area contributed by atoms with Gasteiger partial charge in [0.15, 0.2) is 5.78 Å². The minimum absolute atomic E-state index is 0.0430. The monoisotopic (exact) mass is 307 g/mol. The van der Waals surface area contributed by atoms with Crippen LogP contribution in [-0.4, -0.2) is 65.6 Å². The van der Waals surface area contributed by atoms with E-state index in [9.17, 15) is 4.79 Å². The van der Waals surface area contributed by atoms with Gasteiger partial charge < -0.3 is 4.90 Å². The quantitative estimate of drug-likeness (QED) is 0.782. The number of nitrogens with zero attached hydrogens (tertiary/aromatic N) is 3. The molecule has 0 amide bonds. The number of hydrogen-bond acceptors (Lipinski definition) is 5. The lowest BCUT2D eigenvalue weighted by Crippen LogP contribution is -2.64. The molecule has 0 saturated carbocycles. The molecule has 0 aromatic carbocycles. The Morgan fingerprint density at radius 1 is 1.38 bits per heavy atom. The average Bonchev–Trinajstić information content (AvgIpc) is 3.00. The Kier molecular flexibility index (Phi) is 4.26. The van der Waals surface area contributed by atoms with Gasteiger partial charge in [0.1, 0.15) is 5.70 Å². The van der Waals surface area contributed by atoms with Gasteiger partial charge >= 0.3 is 0 Å². The van der Waals surface area contributed by atoms with Gasteiger partial charge in [0, 0.05) is 25.9 Å². The van der Waals surface area contributed by atoms with Crippen LogP contribution in [0, 0.1) is 5.92 Å². The van der Waals surface area contributed by atoms with Gasteiger partial charge in [-0.25, -0.2) is 4.99 Å². The van der Waals surface area contributed by atoms with Crippen molar-refractivity contribution in [2.75, 3.05) is 39.5 Å². The number of fused-ring (bicyclic) bond motifs is 1. The van der Waals surface area contributed by atoms with Crippen LogP contribution in [0.15, 0.2) is 16.8 Å². The first-order valence-electron chi connectivity index (χ1n) is 7.87. The van der Waals surface area contributed by atoms with E-state index in [0.717, 1.165) is 24.6 Å². The molecule has 3 heterocycles. The molecule has 0 aromatic rings. The predicted octanol–water partition coefficient (Wildman–Crippen LogP) is 2.02. The third-order valence-electron chi connectivity index (χ3n) is 5.17. The second-order valence-corrected chi connectivity index (χ2v) is 7.26. The van der Waals surface area contributed by atoms with Gasteiger partial charge in [0.2, 0.25) is 0 Å². The number of carbonyl (C=O) groups excluding carboxylic acids is 1. The SMILES string of the molecule is CSC1=NC(C(C)=O)=C[C@H]2CN(C)CC[C@@]12N1CCCC1. The maximum Gasteiger partial charge on any atom is 0.177 e. The fourth-order valence-electron chi connectivity index (χ4n) is 4.08. The molecule has 0 bridgehead atoms. The van der Waals surface area contributed by atoms with E-state index in [0.29, 0.717) is 11.6 Å². The summed E-state index contributed by atoms with van der Waals surface area (Å²) in [5.41, 5.74) is 0.705. The molecular formula is C16H25N3OS. The normalized spacial score (nSPS) is 34.3. The molecule has 3 aliphatic heterocycles. The van der Waals surface area contributed by atoms with Crippen molar-refractivity contribution in [1.82, 2.24) is 9.80 Å². The van der Waals surface area contributed by atoms with Crippen LogP contribution in [-0.2, 0) is 4.79 Å². The number of rotatable bonds is 2. The lowest BCUT2D eigenvalue weighted by Gasteiger charge is -2.52. The fourth-order valence-corrected chi connectivity index (χ4v) is 5.00. The number of aliphatic imine (C=N–C) groups is 1. The minimum atomic E-state index is 0.0430. The first-order chi connectivity index (χ1) is 10.1. The molecule has 2 saturated heterocycles. The smallest absolute Gasteiger partial charge is 0.177 e. The largest absolute Gasteiger partial charge is 0.306 e. The first-order valence-corrected chi connectivity index (χ1v) is 9.10. The second kappa shape index (κ2) is 5.86.